The lowest BCUT2D eigenvalue weighted by Crippen LogP contribution is -2.50. The number of aliphatic hydroxyl groups is 1. The fourth-order valence-corrected chi connectivity index (χ4v) is 5.17. The van der Waals surface area contributed by atoms with Gasteiger partial charge in [-0.15, -0.1) is 0 Å². The Bertz CT molecular complexity index is 1460. The molecule has 2 atom stereocenters. The predicted octanol–water partition coefficient (Wildman–Crippen LogP) is 7.20. The molecule has 0 aliphatic carbocycles. The standard InChI is InChI=1S/C32H36BrN5O4/c1-31(2,3)17-18-35-30(40)32(21-23-9-4-6-11-26(23)33)28(25-10-5-7-12-27(25)37-38-34)42-29(36-32)22-13-15-24(16-14-22)41-20-8-19-39/h4-7,9-16,28,39H,8,17-21H2,1-3H3,(H,35,40)/t28-,32-/m1/s1. The lowest BCUT2D eigenvalue weighted by atomic mass is 9.81. The third kappa shape index (κ3) is 7.50. The Balaban J connectivity index is 1.83. The molecule has 1 aliphatic rings. The van der Waals surface area contributed by atoms with Crippen LogP contribution in [0.15, 0.2) is 87.4 Å². The van der Waals surface area contributed by atoms with Gasteiger partial charge in [0.25, 0.3) is 5.91 Å². The maximum atomic E-state index is 14.3. The highest BCUT2D eigenvalue weighted by molar-refractivity contribution is 9.10. The van der Waals surface area contributed by atoms with Crippen LogP contribution < -0.4 is 10.1 Å². The molecule has 42 heavy (non-hydrogen) atoms. The summed E-state index contributed by atoms with van der Waals surface area (Å²) in [6.45, 7) is 7.30. The van der Waals surface area contributed by atoms with Gasteiger partial charge in [0.2, 0.25) is 5.90 Å². The van der Waals surface area contributed by atoms with E-state index in [9.17, 15) is 10.3 Å². The van der Waals surface area contributed by atoms with Gasteiger partial charge in [0.1, 0.15) is 5.75 Å². The second-order valence-electron chi connectivity index (χ2n) is 11.4. The summed E-state index contributed by atoms with van der Waals surface area (Å²) in [5.41, 5.74) is 10.4. The summed E-state index contributed by atoms with van der Waals surface area (Å²) in [6.07, 6.45) is 0.665. The number of carbonyl (C=O) groups excluding carboxylic acids is 1. The Labute approximate surface area is 254 Å². The number of amides is 1. The maximum absolute atomic E-state index is 14.3. The number of carbonyl (C=O) groups is 1. The highest BCUT2D eigenvalue weighted by atomic mass is 79.9. The minimum Gasteiger partial charge on any atom is -0.494 e. The fraction of sp³-hybridized carbons (Fsp3) is 0.375. The first-order valence-corrected chi connectivity index (χ1v) is 14.7. The van der Waals surface area contributed by atoms with Crippen molar-refractivity contribution < 1.29 is 19.4 Å². The van der Waals surface area contributed by atoms with Gasteiger partial charge in [0.05, 0.1) is 6.61 Å². The number of benzene rings is 3. The molecule has 0 spiro atoms. The van der Waals surface area contributed by atoms with Crippen LogP contribution in [0.4, 0.5) is 5.69 Å². The molecule has 4 rings (SSSR count). The van der Waals surface area contributed by atoms with Gasteiger partial charge in [0, 0.05) is 52.2 Å². The Morgan fingerprint density at radius 2 is 1.86 bits per heavy atom. The number of aliphatic imine (C=N–C) groups is 1. The average molecular weight is 635 g/mol. The molecule has 3 aromatic rings. The minimum absolute atomic E-state index is 0.0258. The summed E-state index contributed by atoms with van der Waals surface area (Å²) < 4.78 is 13.1. The Morgan fingerprint density at radius 1 is 1.14 bits per heavy atom. The second-order valence-corrected chi connectivity index (χ2v) is 12.2. The van der Waals surface area contributed by atoms with Gasteiger partial charge >= 0.3 is 0 Å². The van der Waals surface area contributed by atoms with Crippen molar-refractivity contribution in [2.45, 2.75) is 51.7 Å². The number of rotatable bonds is 12. The van der Waals surface area contributed by atoms with E-state index in [2.05, 4.69) is 52.0 Å². The van der Waals surface area contributed by atoms with E-state index in [1.165, 1.54) is 0 Å². The van der Waals surface area contributed by atoms with Crippen molar-refractivity contribution in [1.82, 2.24) is 5.32 Å². The molecule has 220 valence electrons. The van der Waals surface area contributed by atoms with Crippen LogP contribution in [-0.4, -0.2) is 42.2 Å². The van der Waals surface area contributed by atoms with Gasteiger partial charge in [-0.3, -0.25) is 4.79 Å². The van der Waals surface area contributed by atoms with Crippen LogP contribution in [0.3, 0.4) is 0 Å². The van der Waals surface area contributed by atoms with Gasteiger partial charge < -0.3 is 19.9 Å². The molecule has 0 radical (unpaired) electrons. The summed E-state index contributed by atoms with van der Waals surface area (Å²) in [5, 5.41) is 16.1. The molecule has 0 saturated heterocycles. The first-order valence-electron chi connectivity index (χ1n) is 13.9. The van der Waals surface area contributed by atoms with Crippen molar-refractivity contribution in [2.75, 3.05) is 19.8 Å². The van der Waals surface area contributed by atoms with Gasteiger partial charge in [0.15, 0.2) is 11.6 Å². The number of hydrogen-bond donors (Lipinski definition) is 2. The zero-order valence-electron chi connectivity index (χ0n) is 24.1. The van der Waals surface area contributed by atoms with Crippen molar-refractivity contribution >= 4 is 33.4 Å². The summed E-state index contributed by atoms with van der Waals surface area (Å²) in [4.78, 5) is 22.4. The highest BCUT2D eigenvalue weighted by Gasteiger charge is 2.54. The van der Waals surface area contributed by atoms with Crippen molar-refractivity contribution in [3.05, 3.63) is 104 Å². The second kappa shape index (κ2) is 13.9. The number of hydrogen-bond acceptors (Lipinski definition) is 6. The zero-order chi connectivity index (χ0) is 30.2. The molecule has 0 bridgehead atoms. The molecule has 10 heteroatoms. The van der Waals surface area contributed by atoms with Gasteiger partial charge in [-0.05, 0) is 53.3 Å². The number of nitrogens with one attached hydrogen (secondary N) is 1. The van der Waals surface area contributed by atoms with Crippen LogP contribution in [0, 0.1) is 5.41 Å². The van der Waals surface area contributed by atoms with Crippen LogP contribution in [-0.2, 0) is 16.0 Å². The van der Waals surface area contributed by atoms with Crippen LogP contribution in [0.2, 0.25) is 0 Å². The first-order chi connectivity index (χ1) is 20.2. The molecular weight excluding hydrogens is 598 g/mol. The van der Waals surface area contributed by atoms with E-state index < -0.39 is 11.6 Å². The van der Waals surface area contributed by atoms with E-state index in [0.717, 1.165) is 16.5 Å². The maximum Gasteiger partial charge on any atom is 0.252 e. The molecule has 0 saturated carbocycles. The third-order valence-electron chi connectivity index (χ3n) is 6.98. The quantitative estimate of drug-likeness (QED) is 0.0945. The van der Waals surface area contributed by atoms with Crippen LogP contribution in [0.25, 0.3) is 10.4 Å². The summed E-state index contributed by atoms with van der Waals surface area (Å²) in [5.74, 6) is 0.674. The van der Waals surface area contributed by atoms with E-state index >= 15 is 0 Å². The monoisotopic (exact) mass is 633 g/mol. The molecule has 1 aliphatic heterocycles. The summed E-state index contributed by atoms with van der Waals surface area (Å²) >= 11 is 3.65. The lowest BCUT2D eigenvalue weighted by molar-refractivity contribution is -0.129. The number of ether oxygens (including phenoxy) is 2. The molecule has 2 N–H and O–H groups in total. The topological polar surface area (TPSA) is 129 Å². The van der Waals surface area contributed by atoms with Crippen molar-refractivity contribution in [3.8, 4) is 5.75 Å². The smallest absolute Gasteiger partial charge is 0.252 e. The van der Waals surface area contributed by atoms with Crippen LogP contribution >= 0.6 is 15.9 Å². The Morgan fingerprint density at radius 3 is 2.55 bits per heavy atom. The van der Waals surface area contributed by atoms with Crippen molar-refractivity contribution in [2.24, 2.45) is 15.5 Å². The molecule has 0 aromatic heterocycles. The summed E-state index contributed by atoms with van der Waals surface area (Å²) in [6, 6.07) is 22.1. The van der Waals surface area contributed by atoms with E-state index in [1.807, 2.05) is 48.5 Å². The molecule has 9 nitrogen and oxygen atoms in total. The number of azide groups is 1. The molecule has 3 aromatic carbocycles. The third-order valence-corrected chi connectivity index (χ3v) is 7.75. The Hall–Kier alpha value is -3.85. The zero-order valence-corrected chi connectivity index (χ0v) is 25.7. The summed E-state index contributed by atoms with van der Waals surface area (Å²) in [7, 11) is 0. The van der Waals surface area contributed by atoms with Crippen LogP contribution in [0.5, 0.6) is 5.75 Å². The van der Waals surface area contributed by atoms with E-state index in [0.29, 0.717) is 48.0 Å². The van der Waals surface area contributed by atoms with Crippen molar-refractivity contribution in [1.29, 1.82) is 0 Å². The highest BCUT2D eigenvalue weighted by Crippen LogP contribution is 2.46. The van der Waals surface area contributed by atoms with Gasteiger partial charge in [-0.2, -0.15) is 0 Å². The van der Waals surface area contributed by atoms with Gasteiger partial charge in [-0.25, -0.2) is 4.99 Å². The molecule has 1 amide bonds. The van der Waals surface area contributed by atoms with Crippen molar-refractivity contribution in [3.63, 3.8) is 0 Å². The fourth-order valence-electron chi connectivity index (χ4n) is 4.74. The SMILES string of the molecule is CC(C)(C)CCNC(=O)[C@]1(Cc2ccccc2Br)N=C(c2ccc(OCCCO)cc2)O[C@@H]1c1ccccc1N=[N+]=[N-]. The van der Waals surface area contributed by atoms with E-state index in [1.54, 1.807) is 24.3 Å². The normalized spacial score (nSPS) is 18.0. The molecule has 0 unspecified atom stereocenters. The number of halogens is 1. The van der Waals surface area contributed by atoms with Crippen LogP contribution in [0.1, 0.15) is 56.4 Å². The molecular formula is C32H36BrN5O4. The largest absolute Gasteiger partial charge is 0.494 e. The first kappa shape index (κ1) is 31.1. The Kier molecular flexibility index (Phi) is 10.3. The number of aliphatic hydroxyl groups excluding tert-OH is 1. The van der Waals surface area contributed by atoms with Gasteiger partial charge in [-0.1, -0.05) is 84.3 Å². The van der Waals surface area contributed by atoms with E-state index in [-0.39, 0.29) is 24.3 Å². The van der Waals surface area contributed by atoms with E-state index in [4.69, 9.17) is 19.6 Å². The predicted molar refractivity (Wildman–Crippen MR) is 167 cm³/mol. The minimum atomic E-state index is -1.41. The number of nitrogens with zero attached hydrogens (tertiary/aromatic N) is 4. The molecule has 1 heterocycles. The molecule has 0 fully saturated rings. The lowest BCUT2D eigenvalue weighted by Gasteiger charge is -2.32. The average Bonchev–Trinajstić information content (AvgIpc) is 3.35.